The van der Waals surface area contributed by atoms with Crippen LogP contribution in [0.1, 0.15) is 54.6 Å². The maximum absolute atomic E-state index is 12.2. The lowest BCUT2D eigenvalue weighted by Gasteiger charge is -2.21. The number of carbonyl (C=O) groups is 2. The molecule has 0 bridgehead atoms. The number of anilines is 1. The second kappa shape index (κ2) is 11.3. The van der Waals surface area contributed by atoms with Crippen LogP contribution in [0.15, 0.2) is 77.2 Å². The predicted octanol–water partition coefficient (Wildman–Crippen LogP) is 6.04. The van der Waals surface area contributed by atoms with Crippen molar-refractivity contribution in [2.75, 3.05) is 11.9 Å². The smallest absolute Gasteiger partial charge is 0.305 e. The molecule has 0 saturated carbocycles. The first-order valence-corrected chi connectivity index (χ1v) is 11.9. The number of benzene rings is 3. The molecule has 0 saturated heterocycles. The SMILES string of the molecule is CCCC[C@H](Nc1ccc(C(=O)NCCC(=O)O)cc1)c1ccc(-c2nc3ccccc3o2)cc1. The van der Waals surface area contributed by atoms with E-state index in [4.69, 9.17) is 9.52 Å². The lowest BCUT2D eigenvalue weighted by molar-refractivity contribution is -0.136. The number of fused-ring (bicyclic) bond motifs is 1. The minimum atomic E-state index is -0.940. The molecule has 7 nitrogen and oxygen atoms in total. The number of para-hydroxylation sites is 2. The van der Waals surface area contributed by atoms with Gasteiger partial charge in [-0.25, -0.2) is 4.98 Å². The average molecular weight is 472 g/mol. The van der Waals surface area contributed by atoms with Crippen molar-refractivity contribution in [3.63, 3.8) is 0 Å². The van der Waals surface area contributed by atoms with E-state index in [1.165, 1.54) is 0 Å². The fourth-order valence-electron chi connectivity index (χ4n) is 3.89. The fraction of sp³-hybridized carbons (Fsp3) is 0.250. The molecule has 4 rings (SSSR count). The van der Waals surface area contributed by atoms with Crippen LogP contribution in [0.25, 0.3) is 22.6 Å². The van der Waals surface area contributed by atoms with E-state index in [0.717, 1.165) is 47.2 Å². The van der Waals surface area contributed by atoms with Crippen LogP contribution < -0.4 is 10.6 Å². The van der Waals surface area contributed by atoms with Crippen LogP contribution in [0.2, 0.25) is 0 Å². The van der Waals surface area contributed by atoms with Gasteiger partial charge in [0.25, 0.3) is 5.91 Å². The van der Waals surface area contributed by atoms with Crippen LogP contribution in [0.4, 0.5) is 5.69 Å². The highest BCUT2D eigenvalue weighted by Gasteiger charge is 2.14. The molecule has 1 amide bonds. The van der Waals surface area contributed by atoms with Gasteiger partial charge in [0.2, 0.25) is 5.89 Å². The Kier molecular flexibility index (Phi) is 7.77. The molecule has 3 N–H and O–H groups in total. The summed E-state index contributed by atoms with van der Waals surface area (Å²) in [5.41, 5.74) is 5.11. The van der Waals surface area contributed by atoms with Gasteiger partial charge in [0, 0.05) is 23.4 Å². The summed E-state index contributed by atoms with van der Waals surface area (Å²) in [6, 6.07) is 23.3. The molecule has 0 radical (unpaired) electrons. The van der Waals surface area contributed by atoms with Crippen LogP contribution in [-0.4, -0.2) is 28.5 Å². The molecule has 0 aliphatic rings. The van der Waals surface area contributed by atoms with Crippen molar-refractivity contribution in [1.29, 1.82) is 0 Å². The van der Waals surface area contributed by atoms with Crippen molar-refractivity contribution in [2.45, 2.75) is 38.6 Å². The standard InChI is InChI=1S/C28H29N3O4/c1-2-3-6-23(30-22-15-13-20(14-16-22)27(34)29-18-17-26(32)33)19-9-11-21(12-10-19)28-31-24-7-4-5-8-25(24)35-28/h4-5,7-16,23,30H,2-3,6,17-18H2,1H3,(H,29,34)(H,32,33)/t23-/m0/s1. The third-order valence-electron chi connectivity index (χ3n) is 5.81. The highest BCUT2D eigenvalue weighted by atomic mass is 16.4. The molecule has 35 heavy (non-hydrogen) atoms. The molecule has 0 aliphatic heterocycles. The van der Waals surface area contributed by atoms with Crippen molar-refractivity contribution < 1.29 is 19.1 Å². The van der Waals surface area contributed by atoms with E-state index in [1.807, 2.05) is 48.5 Å². The van der Waals surface area contributed by atoms with Gasteiger partial charge in [-0.05, 0) is 60.5 Å². The number of oxazole rings is 1. The van der Waals surface area contributed by atoms with E-state index in [2.05, 4.69) is 34.7 Å². The molecule has 7 heteroatoms. The number of unbranched alkanes of at least 4 members (excludes halogenated alkanes) is 1. The van der Waals surface area contributed by atoms with Gasteiger partial charge in [0.1, 0.15) is 5.52 Å². The Bertz CT molecular complexity index is 1250. The van der Waals surface area contributed by atoms with E-state index in [9.17, 15) is 9.59 Å². The monoisotopic (exact) mass is 471 g/mol. The second-order valence-corrected chi connectivity index (χ2v) is 8.42. The maximum Gasteiger partial charge on any atom is 0.305 e. The van der Waals surface area contributed by atoms with Crippen molar-refractivity contribution in [3.8, 4) is 11.5 Å². The highest BCUT2D eigenvalue weighted by molar-refractivity contribution is 5.94. The van der Waals surface area contributed by atoms with E-state index < -0.39 is 5.97 Å². The summed E-state index contributed by atoms with van der Waals surface area (Å²) in [7, 11) is 0. The number of hydrogen-bond acceptors (Lipinski definition) is 5. The number of carbonyl (C=O) groups excluding carboxylic acids is 1. The van der Waals surface area contributed by atoms with Crippen LogP contribution in [0, 0.1) is 0 Å². The molecule has 1 aromatic heterocycles. The minimum absolute atomic E-state index is 0.102. The van der Waals surface area contributed by atoms with Crippen molar-refractivity contribution >= 4 is 28.7 Å². The molecular weight excluding hydrogens is 442 g/mol. The lowest BCUT2D eigenvalue weighted by Crippen LogP contribution is -2.25. The quantitative estimate of drug-likeness (QED) is 0.246. The zero-order valence-electron chi connectivity index (χ0n) is 19.7. The van der Waals surface area contributed by atoms with E-state index >= 15 is 0 Å². The van der Waals surface area contributed by atoms with Crippen molar-refractivity contribution in [2.24, 2.45) is 0 Å². The Hall–Kier alpha value is -4.13. The van der Waals surface area contributed by atoms with Gasteiger partial charge >= 0.3 is 5.97 Å². The Balaban J connectivity index is 1.45. The van der Waals surface area contributed by atoms with Crippen LogP contribution in [-0.2, 0) is 4.79 Å². The summed E-state index contributed by atoms with van der Waals surface area (Å²) < 4.78 is 5.89. The number of aliphatic carboxylic acids is 1. The summed E-state index contributed by atoms with van der Waals surface area (Å²) in [6.45, 7) is 2.28. The Morgan fingerprint density at radius 3 is 2.43 bits per heavy atom. The molecule has 1 atom stereocenters. The first-order valence-electron chi connectivity index (χ1n) is 11.9. The predicted molar refractivity (Wildman–Crippen MR) is 136 cm³/mol. The highest BCUT2D eigenvalue weighted by Crippen LogP contribution is 2.29. The number of nitrogens with one attached hydrogen (secondary N) is 2. The number of carboxylic acids is 1. The van der Waals surface area contributed by atoms with Gasteiger partial charge in [0.15, 0.2) is 5.58 Å². The average Bonchev–Trinajstić information content (AvgIpc) is 3.31. The first kappa shape index (κ1) is 24.0. The van der Waals surface area contributed by atoms with Gasteiger partial charge < -0.3 is 20.2 Å². The third kappa shape index (κ3) is 6.26. The molecule has 0 fully saturated rings. The first-order chi connectivity index (χ1) is 17.0. The summed E-state index contributed by atoms with van der Waals surface area (Å²) in [5.74, 6) is -0.618. The number of rotatable bonds is 11. The summed E-state index contributed by atoms with van der Waals surface area (Å²) >= 11 is 0. The largest absolute Gasteiger partial charge is 0.481 e. The summed E-state index contributed by atoms with van der Waals surface area (Å²) in [5, 5.41) is 14.9. The van der Waals surface area contributed by atoms with Gasteiger partial charge in [0.05, 0.1) is 12.5 Å². The van der Waals surface area contributed by atoms with Crippen molar-refractivity contribution in [3.05, 3.63) is 83.9 Å². The van der Waals surface area contributed by atoms with Gasteiger partial charge in [-0.1, -0.05) is 44.0 Å². The van der Waals surface area contributed by atoms with Crippen LogP contribution in [0.3, 0.4) is 0 Å². The van der Waals surface area contributed by atoms with Crippen LogP contribution in [0.5, 0.6) is 0 Å². The molecule has 0 spiro atoms. The summed E-state index contributed by atoms with van der Waals surface area (Å²) in [6.07, 6.45) is 3.04. The molecule has 180 valence electrons. The number of amides is 1. The van der Waals surface area contributed by atoms with Gasteiger partial charge in [-0.3, -0.25) is 9.59 Å². The number of nitrogens with zero attached hydrogens (tertiary/aromatic N) is 1. The van der Waals surface area contributed by atoms with Gasteiger partial charge in [-0.2, -0.15) is 0 Å². The zero-order valence-corrected chi connectivity index (χ0v) is 19.7. The second-order valence-electron chi connectivity index (χ2n) is 8.42. The molecule has 4 aromatic rings. The fourth-order valence-corrected chi connectivity index (χ4v) is 3.89. The van der Waals surface area contributed by atoms with E-state index in [-0.39, 0.29) is 24.9 Å². The van der Waals surface area contributed by atoms with Crippen LogP contribution >= 0.6 is 0 Å². The molecule has 0 unspecified atom stereocenters. The molecular formula is C28H29N3O4. The maximum atomic E-state index is 12.2. The van der Waals surface area contributed by atoms with Gasteiger partial charge in [-0.15, -0.1) is 0 Å². The van der Waals surface area contributed by atoms with Crippen molar-refractivity contribution in [1.82, 2.24) is 10.3 Å². The Morgan fingerprint density at radius 2 is 1.74 bits per heavy atom. The molecule has 3 aromatic carbocycles. The number of hydrogen-bond donors (Lipinski definition) is 3. The number of carboxylic acid groups (broad SMARTS) is 1. The Morgan fingerprint density at radius 1 is 1.00 bits per heavy atom. The normalized spacial score (nSPS) is 11.8. The number of aromatic nitrogens is 1. The minimum Gasteiger partial charge on any atom is -0.481 e. The molecule has 0 aliphatic carbocycles. The topological polar surface area (TPSA) is 104 Å². The van der Waals surface area contributed by atoms with E-state index in [1.54, 1.807) is 12.1 Å². The van der Waals surface area contributed by atoms with E-state index in [0.29, 0.717) is 11.5 Å². The Labute approximate surface area is 204 Å². The molecule has 1 heterocycles. The summed E-state index contributed by atoms with van der Waals surface area (Å²) in [4.78, 5) is 27.4. The lowest BCUT2D eigenvalue weighted by atomic mass is 9.99. The zero-order chi connectivity index (χ0) is 24.6. The third-order valence-corrected chi connectivity index (χ3v) is 5.81.